The predicted octanol–water partition coefficient (Wildman–Crippen LogP) is 3.07. The van der Waals surface area contributed by atoms with Crippen LogP contribution in [0.15, 0.2) is 48.5 Å². The van der Waals surface area contributed by atoms with Crippen LogP contribution < -0.4 is 16.0 Å². The molecule has 0 unspecified atom stereocenters. The fourth-order valence-corrected chi connectivity index (χ4v) is 3.90. The molecule has 3 amide bonds. The van der Waals surface area contributed by atoms with Gasteiger partial charge in [0.1, 0.15) is 0 Å². The van der Waals surface area contributed by atoms with Crippen LogP contribution in [0.25, 0.3) is 0 Å². The number of nitrogens with one attached hydrogen (secondary N) is 3. The van der Waals surface area contributed by atoms with E-state index in [1.807, 2.05) is 36.4 Å². The quantitative estimate of drug-likeness (QED) is 0.523. The summed E-state index contributed by atoms with van der Waals surface area (Å²) in [5.41, 5.74) is 2.78. The van der Waals surface area contributed by atoms with Gasteiger partial charge in [-0.3, -0.25) is 19.3 Å². The van der Waals surface area contributed by atoms with E-state index in [9.17, 15) is 14.4 Å². The summed E-state index contributed by atoms with van der Waals surface area (Å²) in [6.07, 6.45) is 6.33. The molecule has 5 rings (SSSR count). The molecule has 3 N–H and O–H groups in total. The van der Waals surface area contributed by atoms with Crippen LogP contribution in [0.3, 0.4) is 0 Å². The SMILES string of the molecule is O=C(CN(Cc1ccc(C(=O)NC2CC2)cc1)C1CC1)Nc1ccccc1C(=O)NC1CC1. The summed E-state index contributed by atoms with van der Waals surface area (Å²) >= 11 is 0. The van der Waals surface area contributed by atoms with Crippen LogP contribution in [0.2, 0.25) is 0 Å². The first-order valence-electron chi connectivity index (χ1n) is 11.9. The molecule has 3 saturated carbocycles. The molecule has 0 spiro atoms. The predicted molar refractivity (Wildman–Crippen MR) is 126 cm³/mol. The summed E-state index contributed by atoms with van der Waals surface area (Å²) in [7, 11) is 0. The fraction of sp³-hybridized carbons (Fsp3) is 0.423. The average Bonchev–Trinajstić information content (AvgIpc) is 3.65. The minimum absolute atomic E-state index is 0.0214. The van der Waals surface area contributed by atoms with Crippen LogP contribution in [0, 0.1) is 0 Å². The zero-order valence-corrected chi connectivity index (χ0v) is 18.7. The molecule has 0 saturated heterocycles. The highest BCUT2D eigenvalue weighted by Gasteiger charge is 2.31. The van der Waals surface area contributed by atoms with E-state index >= 15 is 0 Å². The molecule has 0 aliphatic heterocycles. The van der Waals surface area contributed by atoms with Gasteiger partial charge in [-0.25, -0.2) is 0 Å². The lowest BCUT2D eigenvalue weighted by Crippen LogP contribution is -2.35. The minimum Gasteiger partial charge on any atom is -0.349 e. The van der Waals surface area contributed by atoms with Crippen molar-refractivity contribution < 1.29 is 14.4 Å². The lowest BCUT2D eigenvalue weighted by molar-refractivity contribution is -0.117. The van der Waals surface area contributed by atoms with Crippen LogP contribution in [-0.2, 0) is 11.3 Å². The second-order valence-corrected chi connectivity index (χ2v) is 9.42. The highest BCUT2D eigenvalue weighted by atomic mass is 16.2. The van der Waals surface area contributed by atoms with Crippen molar-refractivity contribution in [1.29, 1.82) is 0 Å². The van der Waals surface area contributed by atoms with Crippen LogP contribution in [0.4, 0.5) is 5.69 Å². The highest BCUT2D eigenvalue weighted by molar-refractivity contribution is 6.04. The lowest BCUT2D eigenvalue weighted by atomic mass is 10.1. The molecule has 7 nitrogen and oxygen atoms in total. The van der Waals surface area contributed by atoms with Crippen molar-refractivity contribution in [3.05, 3.63) is 65.2 Å². The van der Waals surface area contributed by atoms with E-state index in [0.29, 0.717) is 35.4 Å². The van der Waals surface area contributed by atoms with Crippen molar-refractivity contribution in [2.24, 2.45) is 0 Å². The first-order valence-corrected chi connectivity index (χ1v) is 11.9. The van der Waals surface area contributed by atoms with Crippen LogP contribution in [0.5, 0.6) is 0 Å². The molecule has 2 aromatic rings. The Hall–Kier alpha value is -3.19. The highest BCUT2D eigenvalue weighted by Crippen LogP contribution is 2.28. The molecule has 0 radical (unpaired) electrons. The number of carbonyl (C=O) groups is 3. The van der Waals surface area contributed by atoms with Crippen LogP contribution >= 0.6 is 0 Å². The molecular formula is C26H30N4O3. The normalized spacial score (nSPS) is 17.5. The maximum Gasteiger partial charge on any atom is 0.253 e. The summed E-state index contributed by atoms with van der Waals surface area (Å²) < 4.78 is 0. The maximum atomic E-state index is 12.9. The van der Waals surface area contributed by atoms with Gasteiger partial charge in [0.05, 0.1) is 17.8 Å². The second kappa shape index (κ2) is 9.35. The number of amides is 3. The number of carbonyl (C=O) groups excluding carboxylic acids is 3. The minimum atomic E-state index is -0.140. The third-order valence-electron chi connectivity index (χ3n) is 6.28. The fourth-order valence-electron chi connectivity index (χ4n) is 3.90. The van der Waals surface area contributed by atoms with Crippen molar-refractivity contribution >= 4 is 23.4 Å². The number of para-hydroxylation sites is 1. The Morgan fingerprint density at radius 1 is 0.788 bits per heavy atom. The van der Waals surface area contributed by atoms with E-state index in [1.165, 1.54) is 0 Å². The van der Waals surface area contributed by atoms with Gasteiger partial charge >= 0.3 is 0 Å². The van der Waals surface area contributed by atoms with Gasteiger partial charge in [0.25, 0.3) is 11.8 Å². The van der Waals surface area contributed by atoms with E-state index in [4.69, 9.17) is 0 Å². The molecule has 3 aliphatic carbocycles. The monoisotopic (exact) mass is 446 g/mol. The molecule has 33 heavy (non-hydrogen) atoms. The molecule has 3 fully saturated rings. The van der Waals surface area contributed by atoms with E-state index < -0.39 is 0 Å². The van der Waals surface area contributed by atoms with Gasteiger partial charge in [0, 0.05) is 30.2 Å². The largest absolute Gasteiger partial charge is 0.349 e. The van der Waals surface area contributed by atoms with Crippen molar-refractivity contribution in [3.8, 4) is 0 Å². The Bertz CT molecular complexity index is 1040. The Morgan fingerprint density at radius 2 is 1.42 bits per heavy atom. The van der Waals surface area contributed by atoms with Gasteiger partial charge < -0.3 is 16.0 Å². The molecule has 2 aromatic carbocycles. The molecule has 0 heterocycles. The Morgan fingerprint density at radius 3 is 2.06 bits per heavy atom. The van der Waals surface area contributed by atoms with E-state index in [2.05, 4.69) is 20.9 Å². The van der Waals surface area contributed by atoms with Gasteiger partial charge in [-0.1, -0.05) is 24.3 Å². The zero-order valence-electron chi connectivity index (χ0n) is 18.7. The maximum absolute atomic E-state index is 12.9. The van der Waals surface area contributed by atoms with Crippen molar-refractivity contribution in [1.82, 2.24) is 15.5 Å². The first-order chi connectivity index (χ1) is 16.0. The number of anilines is 1. The number of hydrogen-bond acceptors (Lipinski definition) is 4. The molecule has 0 bridgehead atoms. The lowest BCUT2D eigenvalue weighted by Gasteiger charge is -2.22. The first kappa shape index (κ1) is 21.6. The Kier molecular flexibility index (Phi) is 6.13. The smallest absolute Gasteiger partial charge is 0.253 e. The molecule has 7 heteroatoms. The number of nitrogens with zero attached hydrogens (tertiary/aromatic N) is 1. The standard InChI is InChI=1S/C26H30N4O3/c31-24(29-23-4-2-1-3-22(23)26(33)28-20-11-12-20)16-30(21-13-14-21)15-17-5-7-18(8-6-17)25(32)27-19-9-10-19/h1-8,19-21H,9-16H2,(H,27,32)(H,28,33)(H,29,31). The van der Waals surface area contributed by atoms with Crippen LogP contribution in [-0.4, -0.2) is 47.3 Å². The molecular weight excluding hydrogens is 416 g/mol. The van der Waals surface area contributed by atoms with Gasteiger partial charge in [-0.15, -0.1) is 0 Å². The third-order valence-corrected chi connectivity index (χ3v) is 6.28. The summed E-state index contributed by atoms with van der Waals surface area (Å²) in [6, 6.07) is 15.8. The third kappa shape index (κ3) is 5.99. The molecule has 0 atom stereocenters. The number of benzene rings is 2. The van der Waals surface area contributed by atoms with E-state index in [0.717, 1.165) is 44.1 Å². The van der Waals surface area contributed by atoms with E-state index in [1.54, 1.807) is 12.1 Å². The second-order valence-electron chi connectivity index (χ2n) is 9.42. The molecule has 3 aliphatic rings. The zero-order chi connectivity index (χ0) is 22.8. The van der Waals surface area contributed by atoms with Gasteiger partial charge in [0.15, 0.2) is 0 Å². The summed E-state index contributed by atoms with van der Waals surface area (Å²) in [5, 5.41) is 8.92. The summed E-state index contributed by atoms with van der Waals surface area (Å²) in [5.74, 6) is -0.292. The summed E-state index contributed by atoms with van der Waals surface area (Å²) in [6.45, 7) is 0.902. The Balaban J connectivity index is 1.19. The van der Waals surface area contributed by atoms with E-state index in [-0.39, 0.29) is 30.3 Å². The topological polar surface area (TPSA) is 90.5 Å². The number of hydrogen-bond donors (Lipinski definition) is 3. The van der Waals surface area contributed by atoms with Crippen LogP contribution in [0.1, 0.15) is 64.8 Å². The summed E-state index contributed by atoms with van der Waals surface area (Å²) in [4.78, 5) is 39.8. The number of rotatable bonds is 10. The van der Waals surface area contributed by atoms with Crippen molar-refractivity contribution in [2.75, 3.05) is 11.9 Å². The van der Waals surface area contributed by atoms with Gasteiger partial charge in [-0.05, 0) is 68.4 Å². The van der Waals surface area contributed by atoms with Crippen molar-refractivity contribution in [2.45, 2.75) is 63.2 Å². The average molecular weight is 447 g/mol. The Labute approximate surface area is 193 Å². The van der Waals surface area contributed by atoms with Gasteiger partial charge in [0.2, 0.25) is 5.91 Å². The molecule has 172 valence electrons. The van der Waals surface area contributed by atoms with Gasteiger partial charge in [-0.2, -0.15) is 0 Å². The van der Waals surface area contributed by atoms with Crippen molar-refractivity contribution in [3.63, 3.8) is 0 Å². The molecule has 0 aromatic heterocycles.